The molecular formula is C14H18O7. The summed E-state index contributed by atoms with van der Waals surface area (Å²) in [6, 6.07) is 4.19. The van der Waals surface area contributed by atoms with E-state index in [0.29, 0.717) is 5.56 Å². The van der Waals surface area contributed by atoms with E-state index in [9.17, 15) is 14.7 Å². The number of phenolic OH excluding ortho intramolecular Hbond substituents is 2. The molecule has 1 unspecified atom stereocenters. The fraction of sp³-hybridized carbons (Fsp3) is 0.429. The molecule has 1 rings (SSSR count). The van der Waals surface area contributed by atoms with E-state index in [1.54, 1.807) is 6.07 Å². The summed E-state index contributed by atoms with van der Waals surface area (Å²) in [7, 11) is 0. The van der Waals surface area contributed by atoms with E-state index in [2.05, 4.69) is 0 Å². The quantitative estimate of drug-likeness (QED) is 0.430. The second-order valence-corrected chi connectivity index (χ2v) is 5.01. The number of aliphatic hydroxyl groups excluding tert-OH is 1. The lowest BCUT2D eigenvalue weighted by atomic mass is 9.93. The molecule has 0 aliphatic heterocycles. The van der Waals surface area contributed by atoms with Crippen LogP contribution in [-0.4, -0.2) is 45.6 Å². The van der Waals surface area contributed by atoms with Crippen molar-refractivity contribution in [2.75, 3.05) is 13.2 Å². The van der Waals surface area contributed by atoms with Crippen molar-refractivity contribution in [1.29, 1.82) is 0 Å². The molecule has 1 aromatic rings. The van der Waals surface area contributed by atoms with Gasteiger partial charge in [0.2, 0.25) is 0 Å². The van der Waals surface area contributed by atoms with Crippen molar-refractivity contribution in [2.45, 2.75) is 19.8 Å². The van der Waals surface area contributed by atoms with Gasteiger partial charge in [0.15, 0.2) is 11.5 Å². The van der Waals surface area contributed by atoms with Gasteiger partial charge in [-0.3, -0.25) is 9.59 Å². The summed E-state index contributed by atoms with van der Waals surface area (Å²) in [6.45, 7) is 0.223. The number of esters is 1. The predicted octanol–water partition coefficient (Wildman–Crippen LogP) is 0.657. The highest BCUT2D eigenvalue weighted by molar-refractivity contribution is 5.75. The molecule has 0 spiro atoms. The number of aryl methyl sites for hydroxylation is 1. The molecule has 0 aromatic heterocycles. The largest absolute Gasteiger partial charge is 0.504 e. The van der Waals surface area contributed by atoms with E-state index in [1.165, 1.54) is 19.1 Å². The van der Waals surface area contributed by atoms with Crippen molar-refractivity contribution >= 4 is 11.9 Å². The first-order valence-electron chi connectivity index (χ1n) is 6.29. The molecule has 21 heavy (non-hydrogen) atoms. The molecule has 1 atom stereocenters. The lowest BCUT2D eigenvalue weighted by Gasteiger charge is -2.21. The van der Waals surface area contributed by atoms with Gasteiger partial charge in [-0.15, -0.1) is 0 Å². The Morgan fingerprint density at radius 2 is 1.90 bits per heavy atom. The Hall–Kier alpha value is -2.28. The molecule has 0 saturated carbocycles. The number of phenols is 2. The van der Waals surface area contributed by atoms with Crippen LogP contribution < -0.4 is 0 Å². The zero-order chi connectivity index (χ0) is 16.0. The van der Waals surface area contributed by atoms with Crippen LogP contribution in [0.15, 0.2) is 18.2 Å². The van der Waals surface area contributed by atoms with Crippen molar-refractivity contribution in [1.82, 2.24) is 0 Å². The zero-order valence-corrected chi connectivity index (χ0v) is 11.6. The molecule has 0 radical (unpaired) electrons. The summed E-state index contributed by atoms with van der Waals surface area (Å²) in [5.41, 5.74) is -0.891. The topological polar surface area (TPSA) is 124 Å². The number of carboxylic acids is 1. The fourth-order valence-corrected chi connectivity index (χ4v) is 1.46. The number of carbonyl (C=O) groups excluding carboxylic acids is 1. The van der Waals surface area contributed by atoms with Crippen LogP contribution in [0.4, 0.5) is 0 Å². The average Bonchev–Trinajstić information content (AvgIpc) is 2.45. The van der Waals surface area contributed by atoms with Crippen LogP contribution in [-0.2, 0) is 20.7 Å². The molecule has 0 aliphatic rings. The lowest BCUT2D eigenvalue weighted by molar-refractivity contribution is -0.160. The van der Waals surface area contributed by atoms with Gasteiger partial charge < -0.3 is 25.2 Å². The van der Waals surface area contributed by atoms with Gasteiger partial charge in [0.25, 0.3) is 0 Å². The van der Waals surface area contributed by atoms with Crippen LogP contribution in [0.3, 0.4) is 0 Å². The first-order chi connectivity index (χ1) is 9.78. The van der Waals surface area contributed by atoms with Crippen LogP contribution in [0.5, 0.6) is 11.5 Å². The predicted molar refractivity (Wildman–Crippen MR) is 71.9 cm³/mol. The molecule has 7 heteroatoms. The Labute approximate surface area is 121 Å². The second kappa shape index (κ2) is 6.94. The smallest absolute Gasteiger partial charge is 0.315 e. The molecule has 116 valence electrons. The van der Waals surface area contributed by atoms with Crippen LogP contribution >= 0.6 is 0 Å². The molecule has 4 N–H and O–H groups in total. The number of carboxylic acid groups (broad SMARTS) is 1. The summed E-state index contributed by atoms with van der Waals surface area (Å²) < 4.78 is 4.84. The van der Waals surface area contributed by atoms with Crippen molar-refractivity contribution in [3.05, 3.63) is 23.8 Å². The summed E-state index contributed by atoms with van der Waals surface area (Å²) in [5, 5.41) is 36.4. The highest BCUT2D eigenvalue weighted by Gasteiger charge is 2.34. The minimum absolute atomic E-state index is 0.00859. The van der Waals surface area contributed by atoms with E-state index < -0.39 is 30.6 Å². The molecule has 0 amide bonds. The number of aliphatic hydroxyl groups is 1. The molecule has 0 bridgehead atoms. The Morgan fingerprint density at radius 3 is 2.43 bits per heavy atom. The number of hydrogen-bond donors (Lipinski definition) is 4. The summed E-state index contributed by atoms with van der Waals surface area (Å²) in [5.74, 6) is -2.38. The van der Waals surface area contributed by atoms with Gasteiger partial charge in [-0.05, 0) is 31.0 Å². The number of aliphatic carboxylic acids is 1. The third-order valence-corrected chi connectivity index (χ3v) is 3.07. The Bertz CT molecular complexity index is 526. The highest BCUT2D eigenvalue weighted by Crippen LogP contribution is 2.25. The Balaban J connectivity index is 2.47. The third kappa shape index (κ3) is 4.64. The van der Waals surface area contributed by atoms with Gasteiger partial charge in [0.1, 0.15) is 12.0 Å². The minimum atomic E-state index is -1.52. The van der Waals surface area contributed by atoms with Gasteiger partial charge in [0, 0.05) is 6.42 Å². The molecule has 0 aliphatic carbocycles. The van der Waals surface area contributed by atoms with Crippen LogP contribution in [0, 0.1) is 5.41 Å². The number of benzene rings is 1. The number of aromatic hydroxyl groups is 2. The van der Waals surface area contributed by atoms with E-state index in [-0.39, 0.29) is 24.3 Å². The first kappa shape index (κ1) is 16.8. The van der Waals surface area contributed by atoms with Gasteiger partial charge in [-0.2, -0.15) is 0 Å². The van der Waals surface area contributed by atoms with Crippen LogP contribution in [0.25, 0.3) is 0 Å². The normalized spacial score (nSPS) is 13.4. The molecule has 1 aromatic carbocycles. The number of rotatable bonds is 7. The van der Waals surface area contributed by atoms with E-state index in [0.717, 1.165) is 0 Å². The Morgan fingerprint density at radius 1 is 1.24 bits per heavy atom. The fourth-order valence-electron chi connectivity index (χ4n) is 1.46. The molecule has 0 fully saturated rings. The maximum atomic E-state index is 11.5. The maximum Gasteiger partial charge on any atom is 0.315 e. The monoisotopic (exact) mass is 298 g/mol. The highest BCUT2D eigenvalue weighted by atomic mass is 16.5. The van der Waals surface area contributed by atoms with Crippen molar-refractivity contribution in [2.24, 2.45) is 5.41 Å². The molecule has 0 heterocycles. The molecule has 7 nitrogen and oxygen atoms in total. The number of ether oxygens (including phenoxy) is 1. The van der Waals surface area contributed by atoms with Gasteiger partial charge in [-0.1, -0.05) is 6.07 Å². The summed E-state index contributed by atoms with van der Waals surface area (Å²) in [4.78, 5) is 22.5. The van der Waals surface area contributed by atoms with Crippen molar-refractivity contribution in [3.8, 4) is 11.5 Å². The van der Waals surface area contributed by atoms with Crippen molar-refractivity contribution < 1.29 is 34.8 Å². The average molecular weight is 298 g/mol. The first-order valence-corrected chi connectivity index (χ1v) is 6.29. The lowest BCUT2D eigenvalue weighted by Crippen LogP contribution is -2.37. The van der Waals surface area contributed by atoms with Crippen molar-refractivity contribution in [3.63, 3.8) is 0 Å². The number of carbonyl (C=O) groups is 2. The van der Waals surface area contributed by atoms with Gasteiger partial charge in [-0.25, -0.2) is 0 Å². The maximum absolute atomic E-state index is 11.5. The standard InChI is InChI=1S/C14H18O7/c1-14(7-15,13(19)20)8-21-12(18)5-3-9-2-4-10(16)11(17)6-9/h2,4,6,15-17H,3,5,7-8H2,1H3,(H,19,20). The van der Waals surface area contributed by atoms with E-state index in [4.69, 9.17) is 20.1 Å². The Kier molecular flexibility index (Phi) is 5.54. The minimum Gasteiger partial charge on any atom is -0.504 e. The summed E-state index contributed by atoms with van der Waals surface area (Å²) in [6.07, 6.45) is 0.265. The second-order valence-electron chi connectivity index (χ2n) is 5.01. The van der Waals surface area contributed by atoms with E-state index >= 15 is 0 Å². The summed E-state index contributed by atoms with van der Waals surface area (Å²) >= 11 is 0. The molecular weight excluding hydrogens is 280 g/mol. The molecule has 0 saturated heterocycles. The van der Waals surface area contributed by atoms with Crippen LogP contribution in [0.2, 0.25) is 0 Å². The SMILES string of the molecule is CC(CO)(COC(=O)CCc1ccc(O)c(O)c1)C(=O)O. The zero-order valence-electron chi connectivity index (χ0n) is 11.6. The van der Waals surface area contributed by atoms with E-state index in [1.807, 2.05) is 0 Å². The van der Waals surface area contributed by atoms with Gasteiger partial charge in [0.05, 0.1) is 6.61 Å². The van der Waals surface area contributed by atoms with Crippen LogP contribution in [0.1, 0.15) is 18.9 Å². The third-order valence-electron chi connectivity index (χ3n) is 3.07. The number of hydrogen-bond acceptors (Lipinski definition) is 6. The van der Waals surface area contributed by atoms with Gasteiger partial charge >= 0.3 is 11.9 Å².